The minimum absolute atomic E-state index is 0.0505. The molecule has 0 aromatic carbocycles. The topological polar surface area (TPSA) is 61.4 Å². The molecule has 0 aromatic rings. The molecule has 5 heteroatoms. The lowest BCUT2D eigenvalue weighted by atomic mass is 10.1. The number of hydrogen-bond donors (Lipinski definition) is 2. The summed E-state index contributed by atoms with van der Waals surface area (Å²) in [4.78, 5) is 25.1. The minimum Gasteiger partial charge on any atom is -0.352 e. The van der Waals surface area contributed by atoms with Crippen LogP contribution in [-0.2, 0) is 9.59 Å². The highest BCUT2D eigenvalue weighted by Gasteiger charge is 2.17. The predicted octanol–water partition coefficient (Wildman–Crippen LogP) is 0.359. The van der Waals surface area contributed by atoms with Crippen LogP contribution in [0.4, 0.5) is 0 Å². The van der Waals surface area contributed by atoms with Crippen molar-refractivity contribution in [1.29, 1.82) is 0 Å². The molecule has 2 N–H and O–H groups in total. The highest BCUT2D eigenvalue weighted by atomic mass is 16.2. The zero-order chi connectivity index (χ0) is 13.5. The maximum Gasteiger partial charge on any atom is 0.236 e. The van der Waals surface area contributed by atoms with Crippen LogP contribution in [0.5, 0.6) is 0 Å². The standard InChI is InChI=1S/C13H25N3O2/c1-10(2)11(3)15-12(17)8-14-9-13(18)16-6-4-5-7-16/h10-11,14H,4-9H2,1-3H3,(H,15,17). The molecule has 0 saturated carbocycles. The Morgan fingerprint density at radius 3 is 2.28 bits per heavy atom. The summed E-state index contributed by atoms with van der Waals surface area (Å²) in [7, 11) is 0. The van der Waals surface area contributed by atoms with Crippen LogP contribution in [-0.4, -0.2) is 48.9 Å². The Morgan fingerprint density at radius 2 is 1.72 bits per heavy atom. The third-order valence-electron chi connectivity index (χ3n) is 3.41. The number of carbonyl (C=O) groups excluding carboxylic acids is 2. The second-order valence-corrected chi connectivity index (χ2v) is 5.29. The fourth-order valence-electron chi connectivity index (χ4n) is 1.83. The molecular formula is C13H25N3O2. The van der Waals surface area contributed by atoms with E-state index in [1.54, 1.807) is 0 Å². The molecule has 1 aliphatic heterocycles. The summed E-state index contributed by atoms with van der Waals surface area (Å²) in [6.07, 6.45) is 2.19. The molecule has 18 heavy (non-hydrogen) atoms. The fourth-order valence-corrected chi connectivity index (χ4v) is 1.83. The number of hydrogen-bond acceptors (Lipinski definition) is 3. The number of likely N-dealkylation sites (tertiary alicyclic amines) is 1. The lowest BCUT2D eigenvalue weighted by Gasteiger charge is -2.18. The zero-order valence-corrected chi connectivity index (χ0v) is 11.7. The Kier molecular flexibility index (Phi) is 6.12. The molecule has 0 spiro atoms. The summed E-state index contributed by atoms with van der Waals surface area (Å²) < 4.78 is 0. The van der Waals surface area contributed by atoms with Crippen molar-refractivity contribution >= 4 is 11.8 Å². The van der Waals surface area contributed by atoms with Gasteiger partial charge in [-0.05, 0) is 25.7 Å². The molecule has 1 aliphatic rings. The van der Waals surface area contributed by atoms with Crippen LogP contribution in [0.15, 0.2) is 0 Å². The van der Waals surface area contributed by atoms with E-state index < -0.39 is 0 Å². The number of amides is 2. The number of nitrogens with zero attached hydrogens (tertiary/aromatic N) is 1. The van der Waals surface area contributed by atoms with E-state index in [1.165, 1.54) is 0 Å². The molecule has 1 atom stereocenters. The number of carbonyl (C=O) groups is 2. The molecule has 104 valence electrons. The predicted molar refractivity (Wildman–Crippen MR) is 71.1 cm³/mol. The van der Waals surface area contributed by atoms with Crippen molar-refractivity contribution in [3.8, 4) is 0 Å². The first-order valence-electron chi connectivity index (χ1n) is 6.78. The summed E-state index contributed by atoms with van der Waals surface area (Å²) in [6.45, 7) is 8.29. The Bertz CT molecular complexity index is 286. The highest BCUT2D eigenvalue weighted by Crippen LogP contribution is 2.06. The van der Waals surface area contributed by atoms with Gasteiger partial charge in [0.25, 0.3) is 0 Å². The van der Waals surface area contributed by atoms with Crippen LogP contribution in [0.3, 0.4) is 0 Å². The average molecular weight is 255 g/mol. The van der Waals surface area contributed by atoms with Crippen molar-refractivity contribution in [2.45, 2.75) is 39.7 Å². The van der Waals surface area contributed by atoms with E-state index in [9.17, 15) is 9.59 Å². The molecule has 1 unspecified atom stereocenters. The van der Waals surface area contributed by atoms with Gasteiger partial charge in [-0.2, -0.15) is 0 Å². The van der Waals surface area contributed by atoms with Crippen LogP contribution >= 0.6 is 0 Å². The molecule has 1 saturated heterocycles. The highest BCUT2D eigenvalue weighted by molar-refractivity contribution is 5.81. The van der Waals surface area contributed by atoms with E-state index in [4.69, 9.17) is 0 Å². The molecule has 0 bridgehead atoms. The van der Waals surface area contributed by atoms with E-state index in [0.29, 0.717) is 5.92 Å². The number of nitrogens with one attached hydrogen (secondary N) is 2. The summed E-state index contributed by atoms with van der Waals surface area (Å²) in [5.74, 6) is 0.461. The summed E-state index contributed by atoms with van der Waals surface area (Å²) >= 11 is 0. The Balaban J connectivity index is 2.13. The van der Waals surface area contributed by atoms with Crippen molar-refractivity contribution in [1.82, 2.24) is 15.5 Å². The number of rotatable bonds is 6. The first-order valence-corrected chi connectivity index (χ1v) is 6.78. The Labute approximate surface area is 109 Å². The van der Waals surface area contributed by atoms with Gasteiger partial charge in [0.1, 0.15) is 0 Å². The van der Waals surface area contributed by atoms with Crippen LogP contribution in [0.25, 0.3) is 0 Å². The molecule has 5 nitrogen and oxygen atoms in total. The van der Waals surface area contributed by atoms with Crippen molar-refractivity contribution in [2.75, 3.05) is 26.2 Å². The van der Waals surface area contributed by atoms with E-state index in [0.717, 1.165) is 25.9 Å². The van der Waals surface area contributed by atoms with Crippen LogP contribution < -0.4 is 10.6 Å². The van der Waals surface area contributed by atoms with Gasteiger partial charge in [-0.3, -0.25) is 14.9 Å². The SMILES string of the molecule is CC(C)C(C)NC(=O)CNCC(=O)N1CCCC1. The molecule has 0 aliphatic carbocycles. The van der Waals surface area contributed by atoms with Gasteiger partial charge in [-0.1, -0.05) is 13.8 Å². The van der Waals surface area contributed by atoms with E-state index in [2.05, 4.69) is 24.5 Å². The normalized spacial score (nSPS) is 17.0. The Hall–Kier alpha value is -1.10. The van der Waals surface area contributed by atoms with Crippen molar-refractivity contribution in [3.05, 3.63) is 0 Å². The zero-order valence-electron chi connectivity index (χ0n) is 11.7. The fraction of sp³-hybridized carbons (Fsp3) is 0.846. The molecular weight excluding hydrogens is 230 g/mol. The van der Waals surface area contributed by atoms with Crippen molar-refractivity contribution in [3.63, 3.8) is 0 Å². The summed E-state index contributed by atoms with van der Waals surface area (Å²) in [6, 6.07) is 0.161. The monoisotopic (exact) mass is 255 g/mol. The molecule has 0 radical (unpaired) electrons. The van der Waals surface area contributed by atoms with Gasteiger partial charge >= 0.3 is 0 Å². The van der Waals surface area contributed by atoms with Gasteiger partial charge in [-0.25, -0.2) is 0 Å². The maximum atomic E-state index is 11.7. The second-order valence-electron chi connectivity index (χ2n) is 5.29. The first-order chi connectivity index (χ1) is 8.50. The van der Waals surface area contributed by atoms with Gasteiger partial charge in [0.15, 0.2) is 0 Å². The molecule has 1 heterocycles. The van der Waals surface area contributed by atoms with E-state index in [-0.39, 0.29) is 30.9 Å². The van der Waals surface area contributed by atoms with E-state index >= 15 is 0 Å². The summed E-state index contributed by atoms with van der Waals surface area (Å²) in [5.41, 5.74) is 0. The van der Waals surface area contributed by atoms with Crippen LogP contribution in [0, 0.1) is 5.92 Å². The van der Waals surface area contributed by atoms with Gasteiger partial charge in [-0.15, -0.1) is 0 Å². The molecule has 1 rings (SSSR count). The van der Waals surface area contributed by atoms with Crippen LogP contribution in [0.2, 0.25) is 0 Å². The van der Waals surface area contributed by atoms with Crippen molar-refractivity contribution in [2.24, 2.45) is 5.92 Å². The van der Waals surface area contributed by atoms with Gasteiger partial charge in [0.05, 0.1) is 13.1 Å². The average Bonchev–Trinajstić information content (AvgIpc) is 2.81. The quantitative estimate of drug-likeness (QED) is 0.720. The molecule has 0 aromatic heterocycles. The van der Waals surface area contributed by atoms with Gasteiger partial charge in [0.2, 0.25) is 11.8 Å². The minimum atomic E-state index is -0.0505. The third-order valence-corrected chi connectivity index (χ3v) is 3.41. The third kappa shape index (κ3) is 5.04. The lowest BCUT2D eigenvalue weighted by molar-refractivity contribution is -0.129. The van der Waals surface area contributed by atoms with Crippen molar-refractivity contribution < 1.29 is 9.59 Å². The second kappa shape index (κ2) is 7.36. The van der Waals surface area contributed by atoms with E-state index in [1.807, 2.05) is 11.8 Å². The smallest absolute Gasteiger partial charge is 0.236 e. The Morgan fingerprint density at radius 1 is 1.11 bits per heavy atom. The van der Waals surface area contributed by atoms with Gasteiger partial charge in [0, 0.05) is 19.1 Å². The van der Waals surface area contributed by atoms with Gasteiger partial charge < -0.3 is 10.2 Å². The largest absolute Gasteiger partial charge is 0.352 e. The maximum absolute atomic E-state index is 11.7. The lowest BCUT2D eigenvalue weighted by Crippen LogP contribution is -2.44. The van der Waals surface area contributed by atoms with Crippen LogP contribution in [0.1, 0.15) is 33.6 Å². The molecule has 1 fully saturated rings. The first kappa shape index (κ1) is 15.0. The summed E-state index contributed by atoms with van der Waals surface area (Å²) in [5, 5.41) is 5.80. The molecule has 2 amide bonds.